The first-order valence-electron chi connectivity index (χ1n) is 11.0. The van der Waals surface area contributed by atoms with E-state index < -0.39 is 17.7 Å². The van der Waals surface area contributed by atoms with Gasteiger partial charge in [0.15, 0.2) is 17.3 Å². The Bertz CT molecular complexity index is 1080. The number of carboxylic acids is 1. The minimum atomic E-state index is -1.55. The fourth-order valence-corrected chi connectivity index (χ4v) is 3.88. The molecule has 170 valence electrons. The Labute approximate surface area is 215 Å². The Kier molecular flexibility index (Phi) is 9.52. The van der Waals surface area contributed by atoms with E-state index in [1.165, 1.54) is 0 Å². The molecule has 0 radical (unpaired) electrons. The summed E-state index contributed by atoms with van der Waals surface area (Å²) in [4.78, 5) is 37.6. The smallest absolute Gasteiger partial charge is 0.545 e. The second-order valence-electron chi connectivity index (χ2n) is 8.02. The molecule has 2 aromatic rings. The van der Waals surface area contributed by atoms with Crippen molar-refractivity contribution in [3.8, 4) is 23.0 Å². The van der Waals surface area contributed by atoms with E-state index >= 15 is 0 Å². The first-order chi connectivity index (χ1) is 15.3. The van der Waals surface area contributed by atoms with Crippen LogP contribution in [-0.4, -0.2) is 22.8 Å². The molecule has 1 heterocycles. The fraction of sp³-hybridized carbons (Fsp3) is 0.400. The van der Waals surface area contributed by atoms with Crippen molar-refractivity contribution in [3.05, 3.63) is 46.0 Å². The minimum Gasteiger partial charge on any atom is -0.545 e. The summed E-state index contributed by atoms with van der Waals surface area (Å²) in [5, 5.41) is 22.1. The number of phenols is 1. The van der Waals surface area contributed by atoms with Crippen LogP contribution in [0.15, 0.2) is 18.2 Å². The molecular formula is C25H27NaO7. The Morgan fingerprint density at radius 1 is 1.00 bits per heavy atom. The number of esters is 1. The summed E-state index contributed by atoms with van der Waals surface area (Å²) < 4.78 is 11.5. The maximum atomic E-state index is 13.0. The van der Waals surface area contributed by atoms with E-state index in [4.69, 9.17) is 9.47 Å². The van der Waals surface area contributed by atoms with Crippen LogP contribution in [-0.2, 0) is 6.42 Å². The number of hydrogen-bond donors (Lipinski definition) is 1. The normalized spacial score (nSPS) is 11.9. The molecule has 0 saturated carbocycles. The number of fused-ring (bicyclic) bond motifs is 2. The number of benzene rings is 2. The van der Waals surface area contributed by atoms with Gasteiger partial charge < -0.3 is 24.5 Å². The molecule has 0 spiro atoms. The zero-order valence-corrected chi connectivity index (χ0v) is 21.6. The fourth-order valence-electron chi connectivity index (χ4n) is 3.88. The number of carbonyl (C=O) groups is 3. The third kappa shape index (κ3) is 5.78. The third-order valence-corrected chi connectivity index (χ3v) is 5.48. The number of ketones is 1. The summed E-state index contributed by atoms with van der Waals surface area (Å²) in [6, 6.07) is 4.28. The third-order valence-electron chi connectivity index (χ3n) is 5.48. The van der Waals surface area contributed by atoms with Gasteiger partial charge in [0.05, 0.1) is 5.97 Å². The van der Waals surface area contributed by atoms with Gasteiger partial charge >= 0.3 is 35.5 Å². The van der Waals surface area contributed by atoms with E-state index in [2.05, 4.69) is 0 Å². The number of carboxylic acid groups (broad SMARTS) is 1. The van der Waals surface area contributed by atoms with Gasteiger partial charge in [-0.3, -0.25) is 4.79 Å². The molecule has 0 saturated heterocycles. The average molecular weight is 462 g/mol. The molecular weight excluding hydrogens is 435 g/mol. The monoisotopic (exact) mass is 462 g/mol. The van der Waals surface area contributed by atoms with Gasteiger partial charge in [0, 0.05) is 29.2 Å². The SMILES string of the molecule is CCCCCc1c2c(cc(O)c1C(=O)[O-])OC(=O)c1c(cc(C)cc1C(=O)CCCC)O2.[Na+]. The molecule has 1 aliphatic heterocycles. The van der Waals surface area contributed by atoms with Crippen LogP contribution in [0.3, 0.4) is 0 Å². The second kappa shape index (κ2) is 11.7. The zero-order chi connectivity index (χ0) is 23.4. The molecule has 0 aromatic heterocycles. The molecule has 2 aromatic carbocycles. The topological polar surface area (TPSA) is 113 Å². The number of unbranched alkanes of at least 4 members (excludes halogenated alkanes) is 3. The standard InChI is InChI=1S/C25H28O7.Na/c1-4-6-8-9-15-21(24(28)29)18(27)13-20-23(15)31-19-12-14(3)11-16(17(26)10-7-5-2)22(19)25(30)32-20;/h11-13,27H,4-10H2,1-3H3,(H,28,29);/q;+1/p-1. The van der Waals surface area contributed by atoms with Gasteiger partial charge in [0.2, 0.25) is 0 Å². The molecule has 7 nitrogen and oxygen atoms in total. The quantitative estimate of drug-likeness (QED) is 0.198. The second-order valence-corrected chi connectivity index (χ2v) is 8.02. The van der Waals surface area contributed by atoms with Crippen LogP contribution in [0, 0.1) is 6.92 Å². The Morgan fingerprint density at radius 3 is 2.33 bits per heavy atom. The Hall–Kier alpha value is -2.35. The van der Waals surface area contributed by atoms with Crippen LogP contribution >= 0.6 is 0 Å². The number of carbonyl (C=O) groups excluding carboxylic acids is 3. The molecule has 0 atom stereocenters. The van der Waals surface area contributed by atoms with Crippen molar-refractivity contribution in [2.45, 2.75) is 65.7 Å². The predicted molar refractivity (Wildman–Crippen MR) is 116 cm³/mol. The summed E-state index contributed by atoms with van der Waals surface area (Å²) in [6.45, 7) is 5.76. The first-order valence-corrected chi connectivity index (χ1v) is 11.0. The van der Waals surface area contributed by atoms with Gasteiger partial charge in [-0.25, -0.2) is 4.79 Å². The van der Waals surface area contributed by atoms with Crippen molar-refractivity contribution in [1.29, 1.82) is 0 Å². The largest absolute Gasteiger partial charge is 1.00 e. The maximum Gasteiger partial charge on any atom is 1.00 e. The molecule has 0 unspecified atom stereocenters. The minimum absolute atomic E-state index is 0. The summed E-state index contributed by atoms with van der Waals surface area (Å²) in [5.74, 6) is -3.02. The van der Waals surface area contributed by atoms with Crippen LogP contribution in [0.2, 0.25) is 0 Å². The van der Waals surface area contributed by atoms with Crippen LogP contribution in [0.5, 0.6) is 23.0 Å². The molecule has 0 bridgehead atoms. The van der Waals surface area contributed by atoms with Crippen molar-refractivity contribution >= 4 is 17.7 Å². The van der Waals surface area contributed by atoms with Gasteiger partial charge in [-0.15, -0.1) is 0 Å². The van der Waals surface area contributed by atoms with Gasteiger partial charge in [-0.05, 0) is 43.9 Å². The van der Waals surface area contributed by atoms with Gasteiger partial charge in [-0.1, -0.05) is 33.1 Å². The Balaban J connectivity index is 0.00000385. The molecule has 3 rings (SSSR count). The summed E-state index contributed by atoms with van der Waals surface area (Å²) >= 11 is 0. The molecule has 33 heavy (non-hydrogen) atoms. The number of rotatable bonds is 9. The number of aryl methyl sites for hydroxylation is 1. The summed E-state index contributed by atoms with van der Waals surface area (Å²) in [6.07, 6.45) is 4.47. The van der Waals surface area contributed by atoms with E-state index in [1.54, 1.807) is 19.1 Å². The van der Waals surface area contributed by atoms with Crippen LogP contribution in [0.25, 0.3) is 0 Å². The first kappa shape index (κ1) is 26.9. The molecule has 0 amide bonds. The molecule has 0 fully saturated rings. The van der Waals surface area contributed by atoms with E-state index in [0.29, 0.717) is 18.4 Å². The van der Waals surface area contributed by atoms with Crippen LogP contribution in [0.1, 0.15) is 94.6 Å². The van der Waals surface area contributed by atoms with Crippen molar-refractivity contribution < 1.29 is 63.6 Å². The number of ether oxygens (including phenoxy) is 2. The number of aromatic hydroxyl groups is 1. The van der Waals surface area contributed by atoms with Gasteiger partial charge in [-0.2, -0.15) is 0 Å². The van der Waals surface area contributed by atoms with Crippen LogP contribution < -0.4 is 44.1 Å². The molecule has 1 aliphatic rings. The molecule has 8 heteroatoms. The van der Waals surface area contributed by atoms with E-state index in [1.807, 2.05) is 13.8 Å². The van der Waals surface area contributed by atoms with Crippen molar-refractivity contribution in [2.24, 2.45) is 0 Å². The number of aromatic carboxylic acids is 1. The summed E-state index contributed by atoms with van der Waals surface area (Å²) in [5.41, 5.74) is 0.747. The van der Waals surface area contributed by atoms with E-state index in [-0.39, 0.29) is 87.7 Å². The number of Topliss-reactive ketones (excluding diaryl/α,β-unsaturated/α-hetero) is 1. The van der Waals surface area contributed by atoms with Crippen molar-refractivity contribution in [1.82, 2.24) is 0 Å². The summed E-state index contributed by atoms with van der Waals surface area (Å²) in [7, 11) is 0. The zero-order valence-electron chi connectivity index (χ0n) is 19.6. The molecule has 1 N–H and O–H groups in total. The van der Waals surface area contributed by atoms with Gasteiger partial charge in [0.25, 0.3) is 0 Å². The maximum absolute atomic E-state index is 13.0. The van der Waals surface area contributed by atoms with Crippen LogP contribution in [0.4, 0.5) is 0 Å². The predicted octanol–water partition coefficient (Wildman–Crippen LogP) is 1.50. The number of hydrogen-bond acceptors (Lipinski definition) is 7. The van der Waals surface area contributed by atoms with Crippen molar-refractivity contribution in [3.63, 3.8) is 0 Å². The Morgan fingerprint density at radius 2 is 1.70 bits per heavy atom. The van der Waals surface area contributed by atoms with E-state index in [0.717, 1.165) is 25.3 Å². The average Bonchev–Trinajstić information content (AvgIpc) is 2.86. The molecule has 0 aliphatic carbocycles. The van der Waals surface area contributed by atoms with E-state index in [9.17, 15) is 24.6 Å². The van der Waals surface area contributed by atoms with Crippen molar-refractivity contribution in [2.75, 3.05) is 0 Å². The van der Waals surface area contributed by atoms with Gasteiger partial charge in [0.1, 0.15) is 17.1 Å².